The molecular weight excluding hydrogens is 326 g/mol. The maximum absolute atomic E-state index is 9.88. The van der Waals surface area contributed by atoms with Gasteiger partial charge in [0.1, 0.15) is 0 Å². The molecule has 3 unspecified atom stereocenters. The number of halogens is 2. The van der Waals surface area contributed by atoms with Crippen LogP contribution in [0.1, 0.15) is 33.1 Å². The Balaban J connectivity index is 2.20. The Morgan fingerprint density at radius 3 is 2.79 bits per heavy atom. The molecule has 1 fully saturated rings. The monoisotopic (exact) mass is 345 g/mol. The van der Waals surface area contributed by atoms with Crippen LogP contribution in [0.3, 0.4) is 0 Å². The third-order valence-electron chi connectivity index (χ3n) is 4.38. The minimum Gasteiger partial charge on any atom is -0.394 e. The van der Waals surface area contributed by atoms with Gasteiger partial charge in [-0.25, -0.2) is 0 Å². The van der Waals surface area contributed by atoms with Crippen LogP contribution in [0, 0.1) is 11.8 Å². The first kappa shape index (κ1) is 15.1. The molecule has 3 atom stereocenters. The number of hydrogen-bond acceptors (Lipinski definition) is 2. The van der Waals surface area contributed by atoms with Crippen molar-refractivity contribution in [2.24, 2.45) is 11.8 Å². The third-order valence-corrected chi connectivity index (χ3v) is 5.59. The molecule has 1 saturated carbocycles. The first-order chi connectivity index (χ1) is 8.97. The molecule has 0 spiro atoms. The van der Waals surface area contributed by atoms with E-state index in [-0.39, 0.29) is 12.1 Å². The van der Waals surface area contributed by atoms with E-state index >= 15 is 0 Å². The summed E-state index contributed by atoms with van der Waals surface area (Å²) < 4.78 is 0.879. The van der Waals surface area contributed by atoms with Gasteiger partial charge in [0.05, 0.1) is 17.2 Å². The van der Waals surface area contributed by atoms with Crippen LogP contribution in [-0.2, 0) is 0 Å². The van der Waals surface area contributed by atoms with Crippen molar-refractivity contribution in [1.82, 2.24) is 0 Å². The highest BCUT2D eigenvalue weighted by Gasteiger charge is 2.39. The fourth-order valence-corrected chi connectivity index (χ4v) is 3.52. The molecule has 1 aliphatic carbocycles. The number of hydrogen-bond donors (Lipinski definition) is 2. The first-order valence-corrected chi connectivity index (χ1v) is 7.98. The second kappa shape index (κ2) is 6.02. The van der Waals surface area contributed by atoms with Gasteiger partial charge in [0, 0.05) is 10.2 Å². The third kappa shape index (κ3) is 3.26. The second-order valence-corrected chi connectivity index (χ2v) is 7.11. The van der Waals surface area contributed by atoms with Crippen molar-refractivity contribution in [3.63, 3.8) is 0 Å². The zero-order chi connectivity index (χ0) is 14.0. The van der Waals surface area contributed by atoms with Gasteiger partial charge in [0.2, 0.25) is 0 Å². The Morgan fingerprint density at radius 1 is 1.47 bits per heavy atom. The molecule has 0 aliphatic heterocycles. The number of benzene rings is 1. The molecule has 0 radical (unpaired) electrons. The van der Waals surface area contributed by atoms with Crippen LogP contribution in [0.25, 0.3) is 0 Å². The van der Waals surface area contributed by atoms with E-state index in [2.05, 4.69) is 35.1 Å². The van der Waals surface area contributed by atoms with E-state index in [1.807, 2.05) is 18.2 Å². The fraction of sp³-hybridized carbons (Fsp3) is 0.600. The highest BCUT2D eigenvalue weighted by molar-refractivity contribution is 9.10. The van der Waals surface area contributed by atoms with Crippen LogP contribution in [0.4, 0.5) is 5.69 Å². The smallest absolute Gasteiger partial charge is 0.0664 e. The van der Waals surface area contributed by atoms with E-state index in [9.17, 15) is 5.11 Å². The maximum atomic E-state index is 9.88. The summed E-state index contributed by atoms with van der Waals surface area (Å²) in [6.45, 7) is 4.68. The molecule has 0 bridgehead atoms. The molecule has 0 aromatic heterocycles. The molecular formula is C15H21BrClNO. The van der Waals surface area contributed by atoms with Gasteiger partial charge in [0.15, 0.2) is 0 Å². The summed E-state index contributed by atoms with van der Waals surface area (Å²) in [4.78, 5) is 0. The van der Waals surface area contributed by atoms with E-state index in [0.717, 1.165) is 35.3 Å². The van der Waals surface area contributed by atoms with E-state index in [0.29, 0.717) is 10.9 Å². The van der Waals surface area contributed by atoms with Crippen molar-refractivity contribution >= 4 is 33.2 Å². The number of aliphatic hydroxyl groups is 1. The summed E-state index contributed by atoms with van der Waals surface area (Å²) in [5.41, 5.74) is 0.798. The van der Waals surface area contributed by atoms with Crippen molar-refractivity contribution in [3.05, 3.63) is 27.7 Å². The molecule has 0 saturated heterocycles. The van der Waals surface area contributed by atoms with Gasteiger partial charge >= 0.3 is 0 Å². The lowest BCUT2D eigenvalue weighted by Crippen LogP contribution is -2.51. The van der Waals surface area contributed by atoms with Gasteiger partial charge < -0.3 is 10.4 Å². The summed E-state index contributed by atoms with van der Waals surface area (Å²) in [6.07, 6.45) is 3.32. The Labute approximate surface area is 128 Å². The summed E-state index contributed by atoms with van der Waals surface area (Å²) >= 11 is 9.46. The topological polar surface area (TPSA) is 32.3 Å². The predicted molar refractivity (Wildman–Crippen MR) is 84.8 cm³/mol. The number of nitrogens with one attached hydrogen (secondary N) is 1. The van der Waals surface area contributed by atoms with Crippen LogP contribution < -0.4 is 5.32 Å². The van der Waals surface area contributed by atoms with Crippen molar-refractivity contribution in [1.29, 1.82) is 0 Å². The molecule has 1 aliphatic rings. The van der Waals surface area contributed by atoms with Crippen molar-refractivity contribution in [3.8, 4) is 0 Å². The highest BCUT2D eigenvalue weighted by atomic mass is 79.9. The van der Waals surface area contributed by atoms with E-state index in [4.69, 9.17) is 11.6 Å². The zero-order valence-corrected chi connectivity index (χ0v) is 13.8. The van der Waals surface area contributed by atoms with E-state index < -0.39 is 0 Å². The molecule has 2 N–H and O–H groups in total. The number of rotatable bonds is 3. The fourth-order valence-electron chi connectivity index (χ4n) is 3.02. The van der Waals surface area contributed by atoms with Crippen molar-refractivity contribution < 1.29 is 5.11 Å². The van der Waals surface area contributed by atoms with Crippen LogP contribution >= 0.6 is 27.5 Å². The van der Waals surface area contributed by atoms with Crippen LogP contribution in [0.5, 0.6) is 0 Å². The molecule has 19 heavy (non-hydrogen) atoms. The molecule has 0 heterocycles. The quantitative estimate of drug-likeness (QED) is 0.831. The summed E-state index contributed by atoms with van der Waals surface area (Å²) in [5, 5.41) is 14.1. The maximum Gasteiger partial charge on any atom is 0.0664 e. The molecule has 2 rings (SSSR count). The van der Waals surface area contributed by atoms with E-state index in [1.165, 1.54) is 0 Å². The molecule has 4 heteroatoms. The Kier molecular flexibility index (Phi) is 4.80. The van der Waals surface area contributed by atoms with Crippen molar-refractivity contribution in [2.45, 2.75) is 38.6 Å². The molecule has 1 aromatic carbocycles. The molecule has 1 aromatic rings. The molecule has 2 nitrogen and oxygen atoms in total. The number of anilines is 1. The average Bonchev–Trinajstić information content (AvgIpc) is 2.37. The normalized spacial score (nSPS) is 31.2. The van der Waals surface area contributed by atoms with Gasteiger partial charge in [-0.1, -0.05) is 25.4 Å². The lowest BCUT2D eigenvalue weighted by molar-refractivity contribution is 0.106. The zero-order valence-electron chi connectivity index (χ0n) is 11.4. The van der Waals surface area contributed by atoms with Crippen LogP contribution in [0.15, 0.2) is 22.7 Å². The van der Waals surface area contributed by atoms with Gasteiger partial charge in [-0.2, -0.15) is 0 Å². The largest absolute Gasteiger partial charge is 0.394 e. The Morgan fingerprint density at radius 2 is 2.21 bits per heavy atom. The van der Waals surface area contributed by atoms with Gasteiger partial charge in [-0.15, -0.1) is 0 Å². The van der Waals surface area contributed by atoms with E-state index in [1.54, 1.807) is 0 Å². The van der Waals surface area contributed by atoms with Crippen molar-refractivity contribution in [2.75, 3.05) is 11.9 Å². The highest BCUT2D eigenvalue weighted by Crippen LogP contribution is 2.39. The lowest BCUT2D eigenvalue weighted by atomic mass is 9.70. The number of aliphatic hydroxyl groups excluding tert-OH is 1. The summed E-state index contributed by atoms with van der Waals surface area (Å²) in [7, 11) is 0. The van der Waals surface area contributed by atoms with Gasteiger partial charge in [-0.05, 0) is 65.2 Å². The molecule has 106 valence electrons. The second-order valence-electron chi connectivity index (χ2n) is 5.85. The average molecular weight is 347 g/mol. The van der Waals surface area contributed by atoms with Gasteiger partial charge in [-0.3, -0.25) is 0 Å². The molecule has 0 amide bonds. The summed E-state index contributed by atoms with van der Waals surface area (Å²) in [5.74, 6) is 1.20. The first-order valence-electron chi connectivity index (χ1n) is 6.81. The minimum absolute atomic E-state index is 0.168. The van der Waals surface area contributed by atoms with Crippen LogP contribution in [-0.4, -0.2) is 17.3 Å². The SMILES string of the molecule is CC1CCC(CO)(Nc2ccc(Cl)c(Br)c2)C(C)C1. The standard InChI is InChI=1S/C15H21BrClNO/c1-10-5-6-15(9-19,11(2)7-10)18-12-3-4-14(17)13(16)8-12/h3-4,8,10-11,18-19H,5-7,9H2,1-2H3. The lowest BCUT2D eigenvalue weighted by Gasteiger charge is -2.45. The minimum atomic E-state index is -0.209. The predicted octanol–water partition coefficient (Wildman–Crippen LogP) is 4.70. The Bertz CT molecular complexity index is 454. The van der Waals surface area contributed by atoms with Crippen LogP contribution in [0.2, 0.25) is 5.02 Å². The van der Waals surface area contributed by atoms with Gasteiger partial charge in [0.25, 0.3) is 0 Å². The summed E-state index contributed by atoms with van der Waals surface area (Å²) in [6, 6.07) is 5.81. The Hall–Kier alpha value is -0.250.